The van der Waals surface area contributed by atoms with Crippen LogP contribution in [0.3, 0.4) is 0 Å². The summed E-state index contributed by atoms with van der Waals surface area (Å²) < 4.78 is 7.87. The van der Waals surface area contributed by atoms with Crippen molar-refractivity contribution < 1.29 is 14.4 Å². The summed E-state index contributed by atoms with van der Waals surface area (Å²) in [5, 5.41) is 3.24. The van der Waals surface area contributed by atoms with Gasteiger partial charge in [-0.15, -0.1) is 0 Å². The highest BCUT2D eigenvalue weighted by atomic mass is 16.7. The quantitative estimate of drug-likeness (QED) is 0.307. The number of fused-ring (bicyclic) bond motifs is 5. The maximum absolute atomic E-state index is 13.8. The van der Waals surface area contributed by atoms with Crippen molar-refractivity contribution in [2.75, 3.05) is 7.11 Å². The Morgan fingerprint density at radius 3 is 2.42 bits per heavy atom. The number of carbonyl (C=O) groups is 1. The summed E-state index contributed by atoms with van der Waals surface area (Å²) >= 11 is 0. The van der Waals surface area contributed by atoms with E-state index in [-0.39, 0.29) is 12.0 Å². The number of hydroxylamine groups is 2. The standard InChI is InChI=1S/C31H32N2O3/c1-20(2)23-14-16-24(17-15-23)29-31(30(34)35-4)19-32-26-13-9-8-12-25(26)21(3)27(32)28(31)33(36-29)18-22-10-6-5-7-11-22/h5-17,20,28-29H,18-19H2,1-4H3/t28-,29+,31-/m0/s1. The fourth-order valence-corrected chi connectivity index (χ4v) is 6.30. The Hall–Kier alpha value is -3.41. The average Bonchev–Trinajstić information content (AvgIpc) is 3.51. The van der Waals surface area contributed by atoms with E-state index in [1.807, 2.05) is 23.3 Å². The summed E-state index contributed by atoms with van der Waals surface area (Å²) in [6.45, 7) is 7.62. The van der Waals surface area contributed by atoms with Gasteiger partial charge in [0.05, 0.1) is 13.2 Å². The van der Waals surface area contributed by atoms with Crippen LogP contribution in [0.15, 0.2) is 78.9 Å². The van der Waals surface area contributed by atoms with E-state index in [9.17, 15) is 4.79 Å². The number of benzene rings is 3. The molecule has 1 saturated heterocycles. The highest BCUT2D eigenvalue weighted by Crippen LogP contribution is 2.62. The molecule has 0 spiro atoms. The molecule has 184 valence electrons. The zero-order valence-corrected chi connectivity index (χ0v) is 21.3. The lowest BCUT2D eigenvalue weighted by Crippen LogP contribution is -2.40. The molecule has 0 bridgehead atoms. The molecular weight excluding hydrogens is 448 g/mol. The van der Waals surface area contributed by atoms with Gasteiger partial charge in [0.2, 0.25) is 0 Å². The van der Waals surface area contributed by atoms with Crippen LogP contribution in [0.25, 0.3) is 10.9 Å². The van der Waals surface area contributed by atoms with Crippen LogP contribution in [0.4, 0.5) is 0 Å². The summed E-state index contributed by atoms with van der Waals surface area (Å²) in [6, 6.07) is 27.0. The van der Waals surface area contributed by atoms with Gasteiger partial charge >= 0.3 is 5.97 Å². The number of para-hydroxylation sites is 1. The number of rotatable bonds is 5. The molecule has 0 saturated carbocycles. The molecule has 4 aromatic rings. The summed E-state index contributed by atoms with van der Waals surface area (Å²) in [6.07, 6.45) is -0.460. The molecule has 1 aromatic heterocycles. The Morgan fingerprint density at radius 1 is 1.03 bits per heavy atom. The Labute approximate surface area is 212 Å². The predicted octanol–water partition coefficient (Wildman–Crippen LogP) is 6.48. The van der Waals surface area contributed by atoms with Gasteiger partial charge in [0.15, 0.2) is 0 Å². The SMILES string of the molecule is COC(=O)[C@@]12Cn3c(c(C)c4ccccc43)[C@@H]1N(Cc1ccccc1)O[C@@H]2c1ccc(C(C)C)cc1. The van der Waals surface area contributed by atoms with Crippen molar-refractivity contribution in [2.24, 2.45) is 5.41 Å². The van der Waals surface area contributed by atoms with Crippen LogP contribution in [0.1, 0.15) is 59.9 Å². The Morgan fingerprint density at radius 2 is 1.72 bits per heavy atom. The van der Waals surface area contributed by atoms with E-state index in [1.54, 1.807) is 0 Å². The van der Waals surface area contributed by atoms with Crippen LogP contribution >= 0.6 is 0 Å². The van der Waals surface area contributed by atoms with Crippen LogP contribution in [0.5, 0.6) is 0 Å². The van der Waals surface area contributed by atoms with E-state index in [0.29, 0.717) is 19.0 Å². The molecular formula is C31H32N2O3. The second-order valence-electron chi connectivity index (χ2n) is 10.4. The van der Waals surface area contributed by atoms with Crippen molar-refractivity contribution in [3.8, 4) is 0 Å². The summed E-state index contributed by atoms with van der Waals surface area (Å²) in [4.78, 5) is 20.6. The van der Waals surface area contributed by atoms with Gasteiger partial charge in [0, 0.05) is 29.7 Å². The van der Waals surface area contributed by atoms with Crippen molar-refractivity contribution in [2.45, 2.75) is 51.9 Å². The molecule has 0 aliphatic carbocycles. The molecule has 2 aliphatic rings. The summed E-state index contributed by atoms with van der Waals surface area (Å²) in [7, 11) is 1.49. The minimum absolute atomic E-state index is 0.229. The first kappa shape index (κ1) is 23.0. The van der Waals surface area contributed by atoms with Gasteiger partial charge in [-0.3, -0.25) is 9.63 Å². The van der Waals surface area contributed by atoms with Crippen LogP contribution in [-0.2, 0) is 27.5 Å². The van der Waals surface area contributed by atoms with Gasteiger partial charge < -0.3 is 9.30 Å². The molecule has 5 heteroatoms. The van der Waals surface area contributed by atoms with Crippen LogP contribution < -0.4 is 0 Å². The molecule has 3 atom stereocenters. The third-order valence-electron chi connectivity index (χ3n) is 8.09. The van der Waals surface area contributed by atoms with Crippen molar-refractivity contribution in [1.82, 2.24) is 9.63 Å². The normalized spacial score (nSPS) is 23.2. The molecule has 3 aromatic carbocycles. The molecule has 1 fully saturated rings. The van der Waals surface area contributed by atoms with Crippen LogP contribution in [0, 0.1) is 12.3 Å². The largest absolute Gasteiger partial charge is 0.468 e. The van der Waals surface area contributed by atoms with Crippen molar-refractivity contribution >= 4 is 16.9 Å². The smallest absolute Gasteiger partial charge is 0.318 e. The Balaban J connectivity index is 1.54. The van der Waals surface area contributed by atoms with Gasteiger partial charge in [-0.25, -0.2) is 0 Å². The number of aryl methyl sites for hydroxylation is 1. The highest BCUT2D eigenvalue weighted by Gasteiger charge is 2.67. The minimum Gasteiger partial charge on any atom is -0.468 e. The first-order chi connectivity index (χ1) is 17.5. The van der Waals surface area contributed by atoms with Gasteiger partial charge in [0.25, 0.3) is 0 Å². The first-order valence-electron chi connectivity index (χ1n) is 12.7. The van der Waals surface area contributed by atoms with Gasteiger partial charge in [-0.1, -0.05) is 86.6 Å². The van der Waals surface area contributed by atoms with Gasteiger partial charge in [0.1, 0.15) is 11.5 Å². The van der Waals surface area contributed by atoms with E-state index >= 15 is 0 Å². The predicted molar refractivity (Wildman–Crippen MR) is 140 cm³/mol. The number of hydrogen-bond acceptors (Lipinski definition) is 4. The molecule has 0 amide bonds. The molecule has 36 heavy (non-hydrogen) atoms. The van der Waals surface area contributed by atoms with E-state index in [0.717, 1.165) is 22.3 Å². The Bertz CT molecular complexity index is 1420. The van der Waals surface area contributed by atoms with Gasteiger partial charge in [-0.2, -0.15) is 5.06 Å². The topological polar surface area (TPSA) is 43.7 Å². The zero-order chi connectivity index (χ0) is 25.0. The monoisotopic (exact) mass is 480 g/mol. The number of hydrogen-bond donors (Lipinski definition) is 0. The second kappa shape index (κ2) is 8.61. The molecule has 0 unspecified atom stereocenters. The minimum atomic E-state index is -0.896. The third-order valence-corrected chi connectivity index (χ3v) is 8.09. The van der Waals surface area contributed by atoms with Crippen molar-refractivity contribution in [1.29, 1.82) is 0 Å². The molecule has 3 heterocycles. The van der Waals surface area contributed by atoms with E-state index < -0.39 is 11.5 Å². The summed E-state index contributed by atoms with van der Waals surface area (Å²) in [5.41, 5.74) is 5.99. The van der Waals surface area contributed by atoms with Crippen molar-refractivity contribution in [3.63, 3.8) is 0 Å². The average molecular weight is 481 g/mol. The fraction of sp³-hybridized carbons (Fsp3) is 0.323. The molecule has 0 N–H and O–H groups in total. The maximum atomic E-state index is 13.8. The molecule has 2 aliphatic heterocycles. The van der Waals surface area contributed by atoms with E-state index in [2.05, 4.69) is 86.0 Å². The lowest BCUT2D eigenvalue weighted by Gasteiger charge is -2.30. The highest BCUT2D eigenvalue weighted by molar-refractivity contribution is 5.89. The zero-order valence-electron chi connectivity index (χ0n) is 21.3. The van der Waals surface area contributed by atoms with E-state index in [4.69, 9.17) is 9.57 Å². The molecule has 0 radical (unpaired) electrons. The maximum Gasteiger partial charge on any atom is 0.318 e. The van der Waals surface area contributed by atoms with E-state index in [1.165, 1.54) is 23.6 Å². The number of aromatic nitrogens is 1. The third kappa shape index (κ3) is 3.26. The molecule has 5 nitrogen and oxygen atoms in total. The van der Waals surface area contributed by atoms with Crippen molar-refractivity contribution in [3.05, 3.63) is 107 Å². The number of ether oxygens (including phenoxy) is 1. The summed E-state index contributed by atoms with van der Waals surface area (Å²) in [5.74, 6) is 0.204. The van der Waals surface area contributed by atoms with Crippen LogP contribution in [0.2, 0.25) is 0 Å². The second-order valence-corrected chi connectivity index (χ2v) is 10.4. The number of nitrogens with zero attached hydrogens (tertiary/aromatic N) is 2. The number of esters is 1. The van der Waals surface area contributed by atoms with Gasteiger partial charge in [-0.05, 0) is 41.2 Å². The number of carbonyl (C=O) groups excluding carboxylic acids is 1. The van der Waals surface area contributed by atoms with Crippen LogP contribution in [-0.4, -0.2) is 22.7 Å². The number of methoxy groups -OCH3 is 1. The first-order valence-corrected chi connectivity index (χ1v) is 12.7. The molecule has 6 rings (SSSR count). The lowest BCUT2D eigenvalue weighted by molar-refractivity contribution is -0.178. The fourth-order valence-electron chi connectivity index (χ4n) is 6.30. The Kier molecular flexibility index (Phi) is 5.51. The lowest BCUT2D eigenvalue weighted by atomic mass is 9.73.